The van der Waals surface area contributed by atoms with Gasteiger partial charge in [-0.2, -0.15) is 0 Å². The van der Waals surface area contributed by atoms with Gasteiger partial charge in [-0.15, -0.1) is 0 Å². The fourth-order valence-electron chi connectivity index (χ4n) is 4.22. The molecule has 4 rings (SSSR count). The van der Waals surface area contributed by atoms with E-state index in [1.807, 2.05) is 25.1 Å². The molecule has 0 spiro atoms. The molecule has 1 aliphatic heterocycles. The van der Waals surface area contributed by atoms with Crippen molar-refractivity contribution in [3.05, 3.63) is 41.5 Å². The lowest BCUT2D eigenvalue weighted by atomic mass is 9.69. The lowest BCUT2D eigenvalue weighted by Gasteiger charge is -2.39. The molecule has 0 radical (unpaired) electrons. The second kappa shape index (κ2) is 9.10. The van der Waals surface area contributed by atoms with E-state index >= 15 is 0 Å². The third-order valence-electron chi connectivity index (χ3n) is 6.21. The van der Waals surface area contributed by atoms with Crippen LogP contribution in [0.4, 0.5) is 0 Å². The quantitative estimate of drug-likeness (QED) is 0.530. The molecule has 0 saturated heterocycles. The zero-order valence-electron chi connectivity index (χ0n) is 18.7. The Bertz CT molecular complexity index is 1020. The van der Waals surface area contributed by atoms with Gasteiger partial charge in [0.1, 0.15) is 18.6 Å². The Kier molecular flexibility index (Phi) is 6.26. The molecule has 1 aliphatic carbocycles. The smallest absolute Gasteiger partial charge is 0.338 e. The van der Waals surface area contributed by atoms with Crippen molar-refractivity contribution in [2.75, 3.05) is 27.4 Å². The largest absolute Gasteiger partial charge is 0.493 e. The first kappa shape index (κ1) is 22.0. The fraction of sp³-hybridized carbons (Fsp3) is 0.440. The van der Waals surface area contributed by atoms with Crippen LogP contribution in [0.25, 0.3) is 11.1 Å². The molecule has 170 valence electrons. The number of esters is 2. The van der Waals surface area contributed by atoms with E-state index in [1.165, 1.54) is 0 Å². The van der Waals surface area contributed by atoms with E-state index in [4.69, 9.17) is 23.7 Å². The van der Waals surface area contributed by atoms with Crippen molar-refractivity contribution < 1.29 is 33.3 Å². The van der Waals surface area contributed by atoms with E-state index in [-0.39, 0.29) is 25.2 Å². The molecule has 1 heterocycles. The van der Waals surface area contributed by atoms with E-state index in [0.29, 0.717) is 29.4 Å². The van der Waals surface area contributed by atoms with Gasteiger partial charge in [0.05, 0.1) is 26.4 Å². The number of hydrogen-bond donors (Lipinski definition) is 0. The van der Waals surface area contributed by atoms with E-state index in [2.05, 4.69) is 0 Å². The summed E-state index contributed by atoms with van der Waals surface area (Å²) in [5.74, 6) is 0.867. The molecule has 32 heavy (non-hydrogen) atoms. The van der Waals surface area contributed by atoms with Crippen molar-refractivity contribution in [2.24, 2.45) is 5.41 Å². The number of carbonyl (C=O) groups excluding carboxylic acids is 2. The number of benzene rings is 2. The minimum Gasteiger partial charge on any atom is -0.493 e. The lowest BCUT2D eigenvalue weighted by Crippen LogP contribution is -2.44. The Morgan fingerprint density at radius 1 is 1.03 bits per heavy atom. The van der Waals surface area contributed by atoms with Crippen LogP contribution in [-0.2, 0) is 20.9 Å². The van der Waals surface area contributed by atoms with Gasteiger partial charge in [-0.05, 0) is 43.0 Å². The average Bonchev–Trinajstić information content (AvgIpc) is 3.17. The highest BCUT2D eigenvalue weighted by Gasteiger charge is 2.47. The van der Waals surface area contributed by atoms with Crippen LogP contribution in [0.15, 0.2) is 30.3 Å². The fourth-order valence-corrected chi connectivity index (χ4v) is 4.22. The molecule has 0 N–H and O–H groups in total. The molecule has 1 saturated carbocycles. The number of ether oxygens (including phenoxy) is 5. The molecule has 0 atom stereocenters. The summed E-state index contributed by atoms with van der Waals surface area (Å²) in [5.41, 5.74) is 2.25. The molecule has 2 aromatic carbocycles. The van der Waals surface area contributed by atoms with E-state index < -0.39 is 5.41 Å². The zero-order valence-corrected chi connectivity index (χ0v) is 18.7. The van der Waals surface area contributed by atoms with Crippen LogP contribution in [0.5, 0.6) is 17.2 Å². The molecule has 2 aromatic rings. The molecule has 2 aliphatic rings. The van der Waals surface area contributed by atoms with E-state index in [1.54, 1.807) is 26.4 Å². The Morgan fingerprint density at radius 3 is 2.47 bits per heavy atom. The number of hydrogen-bond acceptors (Lipinski definition) is 7. The predicted molar refractivity (Wildman–Crippen MR) is 117 cm³/mol. The van der Waals surface area contributed by atoms with Gasteiger partial charge in [0.15, 0.2) is 11.5 Å². The van der Waals surface area contributed by atoms with Gasteiger partial charge < -0.3 is 23.7 Å². The highest BCUT2D eigenvalue weighted by Crippen LogP contribution is 2.49. The van der Waals surface area contributed by atoms with Crippen molar-refractivity contribution in [1.29, 1.82) is 0 Å². The van der Waals surface area contributed by atoms with Crippen LogP contribution in [0.3, 0.4) is 0 Å². The van der Waals surface area contributed by atoms with Gasteiger partial charge in [-0.3, -0.25) is 4.79 Å². The molecule has 0 amide bonds. The number of rotatable bonds is 9. The number of cyclic esters (lactones) is 1. The minimum atomic E-state index is -0.655. The summed E-state index contributed by atoms with van der Waals surface area (Å²) >= 11 is 0. The first-order chi connectivity index (χ1) is 15.5. The van der Waals surface area contributed by atoms with Crippen LogP contribution < -0.4 is 14.2 Å². The molecular weight excluding hydrogens is 412 g/mol. The number of carbonyl (C=O) groups is 2. The molecule has 0 aromatic heterocycles. The normalized spacial score (nSPS) is 15.9. The third kappa shape index (κ3) is 3.76. The first-order valence-corrected chi connectivity index (χ1v) is 10.9. The summed E-state index contributed by atoms with van der Waals surface area (Å²) in [5, 5.41) is 0. The van der Waals surface area contributed by atoms with Gasteiger partial charge in [0.2, 0.25) is 5.75 Å². The Morgan fingerprint density at radius 2 is 1.81 bits per heavy atom. The van der Waals surface area contributed by atoms with Crippen molar-refractivity contribution in [1.82, 2.24) is 0 Å². The Hall–Kier alpha value is -3.22. The Balaban J connectivity index is 1.73. The highest BCUT2D eigenvalue weighted by atomic mass is 16.6. The van der Waals surface area contributed by atoms with Crippen LogP contribution >= 0.6 is 0 Å². The molecular formula is C25H28O7. The Labute approximate surface area is 187 Å². The van der Waals surface area contributed by atoms with Crippen LogP contribution in [0.2, 0.25) is 0 Å². The maximum atomic E-state index is 12.7. The summed E-state index contributed by atoms with van der Waals surface area (Å²) in [4.78, 5) is 24.8. The summed E-state index contributed by atoms with van der Waals surface area (Å²) in [6.07, 6.45) is 3.18. The van der Waals surface area contributed by atoms with E-state index in [9.17, 15) is 9.59 Å². The SMILES string of the molecule is CCCOC(=O)C1(COc2c(-c3cccc4c3COC4=O)ccc(OC)c2OC)CCC1. The van der Waals surface area contributed by atoms with Crippen molar-refractivity contribution in [3.8, 4) is 28.4 Å². The van der Waals surface area contributed by atoms with Crippen molar-refractivity contribution >= 4 is 11.9 Å². The van der Waals surface area contributed by atoms with Gasteiger partial charge in [-0.1, -0.05) is 25.5 Å². The molecule has 7 nitrogen and oxygen atoms in total. The zero-order chi connectivity index (χ0) is 22.7. The van der Waals surface area contributed by atoms with Gasteiger partial charge in [0, 0.05) is 11.1 Å². The third-order valence-corrected chi connectivity index (χ3v) is 6.21. The highest BCUT2D eigenvalue weighted by molar-refractivity contribution is 5.96. The van der Waals surface area contributed by atoms with Crippen LogP contribution in [-0.4, -0.2) is 39.4 Å². The van der Waals surface area contributed by atoms with Crippen LogP contribution in [0.1, 0.15) is 48.5 Å². The summed E-state index contributed by atoms with van der Waals surface area (Å²) in [7, 11) is 3.11. The van der Waals surface area contributed by atoms with Gasteiger partial charge >= 0.3 is 11.9 Å². The standard InChI is InChI=1S/C25H28O7/c1-4-13-30-24(27)25(11-6-12-25)15-32-21-17(9-10-20(28-2)22(21)29-3)16-7-5-8-18-19(16)14-31-23(18)26/h5,7-10H,4,6,11-15H2,1-3H3. The molecule has 0 unspecified atom stereocenters. The average molecular weight is 440 g/mol. The van der Waals surface area contributed by atoms with E-state index in [0.717, 1.165) is 42.4 Å². The number of fused-ring (bicyclic) bond motifs is 1. The maximum absolute atomic E-state index is 12.7. The maximum Gasteiger partial charge on any atom is 0.338 e. The predicted octanol–water partition coefficient (Wildman–Crippen LogP) is 4.54. The van der Waals surface area contributed by atoms with Crippen molar-refractivity contribution in [2.45, 2.75) is 39.2 Å². The number of methoxy groups -OCH3 is 2. The molecule has 1 fully saturated rings. The minimum absolute atomic E-state index is 0.177. The second-order valence-corrected chi connectivity index (χ2v) is 8.14. The monoisotopic (exact) mass is 440 g/mol. The topological polar surface area (TPSA) is 80.3 Å². The summed E-state index contributed by atoms with van der Waals surface area (Å²) in [6, 6.07) is 9.16. The summed E-state index contributed by atoms with van der Waals surface area (Å²) < 4.78 is 28.1. The lowest BCUT2D eigenvalue weighted by molar-refractivity contribution is -0.164. The van der Waals surface area contributed by atoms with Crippen molar-refractivity contribution in [3.63, 3.8) is 0 Å². The van der Waals surface area contributed by atoms with Crippen LogP contribution in [0, 0.1) is 5.41 Å². The van der Waals surface area contributed by atoms with Gasteiger partial charge in [0.25, 0.3) is 0 Å². The summed E-state index contributed by atoms with van der Waals surface area (Å²) in [6.45, 7) is 2.75. The first-order valence-electron chi connectivity index (χ1n) is 10.9. The molecule has 0 bridgehead atoms. The van der Waals surface area contributed by atoms with Gasteiger partial charge in [-0.25, -0.2) is 4.79 Å². The second-order valence-electron chi connectivity index (χ2n) is 8.14. The molecule has 7 heteroatoms.